The fourth-order valence-corrected chi connectivity index (χ4v) is 2.21. The highest BCUT2D eigenvalue weighted by Gasteiger charge is 2.30. The Balaban J connectivity index is 2.42. The molecule has 0 atom stereocenters. The molecule has 0 heterocycles. The predicted octanol–water partition coefficient (Wildman–Crippen LogP) is 4.33. The van der Waals surface area contributed by atoms with Gasteiger partial charge in [-0.25, -0.2) is 0 Å². The Labute approximate surface area is 122 Å². The third-order valence-electron chi connectivity index (χ3n) is 2.86. The van der Waals surface area contributed by atoms with Crippen molar-refractivity contribution in [2.45, 2.75) is 33.2 Å². The lowest BCUT2D eigenvalue weighted by atomic mass is 9.90. The quantitative estimate of drug-likeness (QED) is 0.757. The van der Waals surface area contributed by atoms with Crippen LogP contribution in [0, 0.1) is 5.41 Å². The average molecular weight is 310 g/mol. The van der Waals surface area contributed by atoms with Crippen LogP contribution in [-0.2, 0) is 6.54 Å². The summed E-state index contributed by atoms with van der Waals surface area (Å²) in [5.74, 6) is 0.404. The van der Waals surface area contributed by atoms with Crippen molar-refractivity contribution in [2.75, 3.05) is 12.4 Å². The van der Waals surface area contributed by atoms with E-state index in [2.05, 4.69) is 23.9 Å². The summed E-state index contributed by atoms with van der Waals surface area (Å²) in [6, 6.07) is 5.86. The van der Waals surface area contributed by atoms with E-state index in [0.717, 1.165) is 18.5 Å². The normalized spacial score (nSPS) is 12.5. The lowest BCUT2D eigenvalue weighted by molar-refractivity contribution is -0.274. The van der Waals surface area contributed by atoms with Gasteiger partial charge in [0.2, 0.25) is 0 Å². The molecule has 1 N–H and O–H groups in total. The predicted molar refractivity (Wildman–Crippen MR) is 73.9 cm³/mol. The molecule has 0 aliphatic carbocycles. The molecular weight excluding hydrogens is 291 g/mol. The summed E-state index contributed by atoms with van der Waals surface area (Å²) in [6.07, 6.45) is -3.74. The van der Waals surface area contributed by atoms with E-state index in [-0.39, 0.29) is 11.2 Å². The van der Waals surface area contributed by atoms with Crippen LogP contribution in [0.1, 0.15) is 25.8 Å². The van der Waals surface area contributed by atoms with Crippen LogP contribution >= 0.6 is 11.6 Å². The Bertz CT molecular complexity index is 404. The molecule has 0 unspecified atom stereocenters. The second-order valence-corrected chi connectivity index (χ2v) is 5.78. The van der Waals surface area contributed by atoms with Gasteiger partial charge >= 0.3 is 6.36 Å². The Morgan fingerprint density at radius 2 is 1.75 bits per heavy atom. The maximum atomic E-state index is 12.0. The van der Waals surface area contributed by atoms with E-state index >= 15 is 0 Å². The van der Waals surface area contributed by atoms with Gasteiger partial charge in [0.25, 0.3) is 0 Å². The molecule has 0 aliphatic rings. The van der Waals surface area contributed by atoms with Gasteiger partial charge in [0.15, 0.2) is 0 Å². The van der Waals surface area contributed by atoms with Crippen molar-refractivity contribution in [3.8, 4) is 5.75 Å². The van der Waals surface area contributed by atoms with Crippen LogP contribution in [0.5, 0.6) is 5.75 Å². The van der Waals surface area contributed by atoms with Gasteiger partial charge in [0.05, 0.1) is 0 Å². The molecule has 6 heteroatoms. The largest absolute Gasteiger partial charge is 0.573 e. The molecule has 0 bridgehead atoms. The van der Waals surface area contributed by atoms with Gasteiger partial charge in [-0.05, 0) is 29.5 Å². The van der Waals surface area contributed by atoms with Crippen LogP contribution < -0.4 is 10.1 Å². The Morgan fingerprint density at radius 1 is 1.15 bits per heavy atom. The monoisotopic (exact) mass is 309 g/mol. The van der Waals surface area contributed by atoms with Crippen molar-refractivity contribution in [1.82, 2.24) is 5.32 Å². The van der Waals surface area contributed by atoms with E-state index in [1.807, 2.05) is 0 Å². The number of nitrogens with one attached hydrogen (secondary N) is 1. The van der Waals surface area contributed by atoms with Crippen molar-refractivity contribution in [2.24, 2.45) is 5.41 Å². The number of hydrogen-bond acceptors (Lipinski definition) is 2. The molecule has 114 valence electrons. The number of benzene rings is 1. The standard InChI is InChI=1S/C14H19ClF3NO/c1-13(2,7-8-15)10-19-9-11-3-5-12(6-4-11)20-14(16,17)18/h3-6,19H,7-10H2,1-2H3. The van der Waals surface area contributed by atoms with E-state index < -0.39 is 6.36 Å². The molecule has 2 nitrogen and oxygen atoms in total. The van der Waals surface area contributed by atoms with Crippen molar-refractivity contribution in [3.05, 3.63) is 29.8 Å². The first-order chi connectivity index (χ1) is 9.22. The highest BCUT2D eigenvalue weighted by molar-refractivity contribution is 6.17. The number of halogens is 4. The topological polar surface area (TPSA) is 21.3 Å². The first-order valence-electron chi connectivity index (χ1n) is 6.33. The SMILES string of the molecule is CC(C)(CCCl)CNCc1ccc(OC(F)(F)F)cc1. The molecule has 1 rings (SSSR count). The van der Waals surface area contributed by atoms with Crippen molar-refractivity contribution >= 4 is 11.6 Å². The molecule has 0 saturated carbocycles. The highest BCUT2D eigenvalue weighted by Crippen LogP contribution is 2.23. The fourth-order valence-electron chi connectivity index (χ4n) is 1.70. The highest BCUT2D eigenvalue weighted by atomic mass is 35.5. The van der Waals surface area contributed by atoms with E-state index in [1.54, 1.807) is 12.1 Å². The van der Waals surface area contributed by atoms with Gasteiger partial charge < -0.3 is 10.1 Å². The van der Waals surface area contributed by atoms with Crippen LogP contribution in [0.4, 0.5) is 13.2 Å². The Kier molecular flexibility index (Phi) is 6.14. The lowest BCUT2D eigenvalue weighted by Gasteiger charge is -2.24. The van der Waals surface area contributed by atoms with Crippen LogP contribution in [0.15, 0.2) is 24.3 Å². The van der Waals surface area contributed by atoms with Gasteiger partial charge in [-0.3, -0.25) is 0 Å². The molecule has 1 aromatic rings. The first kappa shape index (κ1) is 17.1. The van der Waals surface area contributed by atoms with E-state index in [4.69, 9.17) is 11.6 Å². The van der Waals surface area contributed by atoms with E-state index in [0.29, 0.717) is 12.4 Å². The summed E-state index contributed by atoms with van der Waals surface area (Å²) in [5.41, 5.74) is 1.00. The smallest absolute Gasteiger partial charge is 0.406 e. The lowest BCUT2D eigenvalue weighted by Crippen LogP contribution is -2.29. The zero-order valence-electron chi connectivity index (χ0n) is 11.6. The second kappa shape index (κ2) is 7.18. The third kappa shape index (κ3) is 7.01. The minimum atomic E-state index is -4.65. The molecule has 0 aromatic heterocycles. The maximum absolute atomic E-state index is 12.0. The molecular formula is C14H19ClF3NO. The number of hydrogen-bond donors (Lipinski definition) is 1. The summed E-state index contributed by atoms with van der Waals surface area (Å²) in [7, 11) is 0. The molecule has 0 saturated heterocycles. The molecule has 1 aromatic carbocycles. The maximum Gasteiger partial charge on any atom is 0.573 e. The molecule has 20 heavy (non-hydrogen) atoms. The summed E-state index contributed by atoms with van der Waals surface area (Å²) in [6.45, 7) is 5.61. The van der Waals surface area contributed by atoms with Gasteiger partial charge in [-0.1, -0.05) is 26.0 Å². The van der Waals surface area contributed by atoms with Gasteiger partial charge in [-0.2, -0.15) is 0 Å². The molecule has 0 spiro atoms. The van der Waals surface area contributed by atoms with Crippen LogP contribution in [-0.4, -0.2) is 18.8 Å². The number of ether oxygens (including phenoxy) is 1. The Morgan fingerprint density at radius 3 is 2.25 bits per heavy atom. The van der Waals surface area contributed by atoms with E-state index in [9.17, 15) is 13.2 Å². The minimum absolute atomic E-state index is 0.0983. The van der Waals surface area contributed by atoms with Gasteiger partial charge in [0.1, 0.15) is 5.75 Å². The van der Waals surface area contributed by atoms with Gasteiger partial charge in [-0.15, -0.1) is 24.8 Å². The zero-order chi connectivity index (χ0) is 15.2. The fraction of sp³-hybridized carbons (Fsp3) is 0.571. The van der Waals surface area contributed by atoms with Crippen molar-refractivity contribution in [3.63, 3.8) is 0 Å². The summed E-state index contributed by atoms with van der Waals surface area (Å²) >= 11 is 5.72. The van der Waals surface area contributed by atoms with Crippen molar-refractivity contribution < 1.29 is 17.9 Å². The van der Waals surface area contributed by atoms with E-state index in [1.165, 1.54) is 12.1 Å². The molecule has 0 radical (unpaired) electrons. The molecule has 0 aliphatic heterocycles. The number of alkyl halides is 4. The van der Waals surface area contributed by atoms with Crippen LogP contribution in [0.3, 0.4) is 0 Å². The second-order valence-electron chi connectivity index (χ2n) is 5.40. The zero-order valence-corrected chi connectivity index (χ0v) is 12.3. The summed E-state index contributed by atoms with van der Waals surface area (Å²) < 4.78 is 39.8. The van der Waals surface area contributed by atoms with Gasteiger partial charge in [0, 0.05) is 19.0 Å². The average Bonchev–Trinajstić information content (AvgIpc) is 2.29. The van der Waals surface area contributed by atoms with Crippen molar-refractivity contribution in [1.29, 1.82) is 0 Å². The first-order valence-corrected chi connectivity index (χ1v) is 6.87. The minimum Gasteiger partial charge on any atom is -0.406 e. The summed E-state index contributed by atoms with van der Waals surface area (Å²) in [5, 5.41) is 3.27. The third-order valence-corrected chi connectivity index (χ3v) is 3.05. The van der Waals surface area contributed by atoms with Crippen LogP contribution in [0.2, 0.25) is 0 Å². The molecule has 0 fully saturated rings. The molecule has 0 amide bonds. The number of rotatable bonds is 7. The van der Waals surface area contributed by atoms with Crippen LogP contribution in [0.25, 0.3) is 0 Å². The Hall–Kier alpha value is -0.940. The summed E-state index contributed by atoms with van der Waals surface area (Å²) in [4.78, 5) is 0.